The van der Waals surface area contributed by atoms with Gasteiger partial charge in [0.1, 0.15) is 18.2 Å². The number of rotatable bonds is 10. The van der Waals surface area contributed by atoms with Gasteiger partial charge >= 0.3 is 6.09 Å². The predicted molar refractivity (Wildman–Crippen MR) is 153 cm³/mol. The molecule has 0 aliphatic carbocycles. The first kappa shape index (κ1) is 31.2. The van der Waals surface area contributed by atoms with Gasteiger partial charge in [0.05, 0.1) is 10.7 Å². The van der Waals surface area contributed by atoms with Crippen molar-refractivity contribution >= 4 is 35.2 Å². The van der Waals surface area contributed by atoms with Crippen molar-refractivity contribution in [3.05, 3.63) is 64.2 Å². The number of ether oxygens (including phenoxy) is 1. The van der Waals surface area contributed by atoms with E-state index in [1.165, 1.54) is 0 Å². The Labute approximate surface area is 232 Å². The van der Waals surface area contributed by atoms with Gasteiger partial charge in [0.2, 0.25) is 5.91 Å². The standard InChI is InChI=1S/C30H42ClN3O4/c1-19(2)16-17-22(5)34(25(35)18-32-29(37)38-30(6,7)8)27(23-14-10-9-12-20(23)3)28(36)33-26-21(4)13-11-15-24(26)31/h9-15,19,22,27H,16-18H2,1-8H3,(H,32,37)(H,33,36). The molecule has 38 heavy (non-hydrogen) atoms. The molecule has 0 saturated carbocycles. The second kappa shape index (κ2) is 13.7. The number of hydrogen-bond acceptors (Lipinski definition) is 4. The minimum absolute atomic E-state index is 0.284. The number of hydrogen-bond donors (Lipinski definition) is 2. The summed E-state index contributed by atoms with van der Waals surface area (Å²) in [6, 6.07) is 11.7. The smallest absolute Gasteiger partial charge is 0.408 e. The second-order valence-corrected chi connectivity index (χ2v) is 11.6. The van der Waals surface area contributed by atoms with Crippen LogP contribution in [0, 0.1) is 19.8 Å². The Hall–Kier alpha value is -3.06. The Kier molecular flexibility index (Phi) is 11.2. The van der Waals surface area contributed by atoms with Gasteiger partial charge in [-0.25, -0.2) is 4.79 Å². The molecule has 2 N–H and O–H groups in total. The number of benzene rings is 2. The maximum atomic E-state index is 14.0. The SMILES string of the molecule is Cc1ccccc1C(C(=O)Nc1c(C)cccc1Cl)N(C(=O)CNC(=O)OC(C)(C)C)C(C)CCC(C)C. The zero-order chi connectivity index (χ0) is 28.6. The van der Waals surface area contributed by atoms with Crippen molar-refractivity contribution in [2.75, 3.05) is 11.9 Å². The molecular formula is C30H42ClN3O4. The number of amides is 3. The van der Waals surface area contributed by atoms with Crippen molar-refractivity contribution < 1.29 is 19.1 Å². The van der Waals surface area contributed by atoms with E-state index < -0.39 is 17.7 Å². The molecule has 0 aromatic heterocycles. The number of nitrogens with zero attached hydrogens (tertiary/aromatic N) is 1. The molecule has 2 aromatic carbocycles. The lowest BCUT2D eigenvalue weighted by atomic mass is 9.95. The summed E-state index contributed by atoms with van der Waals surface area (Å²) in [4.78, 5) is 41.7. The van der Waals surface area contributed by atoms with Gasteiger partial charge in [0, 0.05) is 6.04 Å². The van der Waals surface area contributed by atoms with Crippen LogP contribution < -0.4 is 10.6 Å². The minimum atomic E-state index is -0.943. The zero-order valence-corrected chi connectivity index (χ0v) is 24.6. The van der Waals surface area contributed by atoms with Crippen LogP contribution in [0.4, 0.5) is 10.5 Å². The molecule has 0 radical (unpaired) electrons. The highest BCUT2D eigenvalue weighted by Gasteiger charge is 2.36. The van der Waals surface area contributed by atoms with Crippen LogP contribution in [-0.2, 0) is 14.3 Å². The van der Waals surface area contributed by atoms with Gasteiger partial charge in [-0.05, 0) is 83.1 Å². The van der Waals surface area contributed by atoms with Gasteiger partial charge in [0.25, 0.3) is 5.91 Å². The Bertz CT molecular complexity index is 1110. The van der Waals surface area contributed by atoms with E-state index in [9.17, 15) is 14.4 Å². The molecule has 0 aliphatic heterocycles. The maximum Gasteiger partial charge on any atom is 0.408 e. The molecule has 208 valence electrons. The Morgan fingerprint density at radius 3 is 2.16 bits per heavy atom. The van der Waals surface area contributed by atoms with E-state index in [0.717, 1.165) is 17.5 Å². The highest BCUT2D eigenvalue weighted by Crippen LogP contribution is 2.32. The number of alkyl carbamates (subject to hydrolysis) is 1. The third-order valence-corrected chi connectivity index (χ3v) is 6.50. The molecule has 0 heterocycles. The average Bonchev–Trinajstić information content (AvgIpc) is 2.81. The quantitative estimate of drug-likeness (QED) is 0.344. The van der Waals surface area contributed by atoms with Crippen LogP contribution in [0.5, 0.6) is 0 Å². The van der Waals surface area contributed by atoms with Crippen LogP contribution in [0.15, 0.2) is 42.5 Å². The van der Waals surface area contributed by atoms with Gasteiger partial charge in [-0.2, -0.15) is 0 Å². The number of nitrogens with one attached hydrogen (secondary N) is 2. The third kappa shape index (κ3) is 9.05. The van der Waals surface area contributed by atoms with E-state index in [-0.39, 0.29) is 24.4 Å². The summed E-state index contributed by atoms with van der Waals surface area (Å²) in [5.74, 6) is -0.338. The Morgan fingerprint density at radius 2 is 1.58 bits per heavy atom. The fraction of sp³-hybridized carbons (Fsp3) is 0.500. The summed E-state index contributed by atoms with van der Waals surface area (Å²) >= 11 is 6.43. The molecule has 0 spiro atoms. The zero-order valence-electron chi connectivity index (χ0n) is 23.9. The monoisotopic (exact) mass is 543 g/mol. The molecule has 0 bridgehead atoms. The number of anilines is 1. The highest BCUT2D eigenvalue weighted by atomic mass is 35.5. The van der Waals surface area contributed by atoms with Crippen LogP contribution >= 0.6 is 11.6 Å². The largest absolute Gasteiger partial charge is 0.444 e. The fourth-order valence-corrected chi connectivity index (χ4v) is 4.47. The lowest BCUT2D eigenvalue weighted by Gasteiger charge is -2.37. The molecule has 7 nitrogen and oxygen atoms in total. The maximum absolute atomic E-state index is 14.0. The van der Waals surface area contributed by atoms with Crippen LogP contribution in [0.25, 0.3) is 0 Å². The van der Waals surface area contributed by atoms with E-state index in [1.807, 2.05) is 57.2 Å². The average molecular weight is 544 g/mol. The fourth-order valence-electron chi connectivity index (χ4n) is 4.20. The number of carbonyl (C=O) groups excluding carboxylic acids is 3. The van der Waals surface area contributed by atoms with E-state index in [1.54, 1.807) is 31.7 Å². The summed E-state index contributed by atoms with van der Waals surface area (Å²) in [5, 5.41) is 5.96. The first-order valence-corrected chi connectivity index (χ1v) is 13.5. The molecule has 0 aliphatic rings. The van der Waals surface area contributed by atoms with Crippen molar-refractivity contribution in [2.45, 2.75) is 85.9 Å². The molecule has 2 aromatic rings. The molecule has 2 unspecified atom stereocenters. The number of aryl methyl sites for hydroxylation is 2. The molecule has 2 rings (SSSR count). The Balaban J connectivity index is 2.51. The van der Waals surface area contributed by atoms with Crippen molar-refractivity contribution in [1.82, 2.24) is 10.2 Å². The van der Waals surface area contributed by atoms with Gasteiger partial charge < -0.3 is 20.3 Å². The number of para-hydroxylation sites is 1. The molecule has 8 heteroatoms. The lowest BCUT2D eigenvalue weighted by molar-refractivity contribution is -0.141. The van der Waals surface area contributed by atoms with Crippen molar-refractivity contribution in [3.8, 4) is 0 Å². The van der Waals surface area contributed by atoms with E-state index in [4.69, 9.17) is 16.3 Å². The van der Waals surface area contributed by atoms with Crippen molar-refractivity contribution in [3.63, 3.8) is 0 Å². The first-order chi connectivity index (χ1) is 17.7. The summed E-state index contributed by atoms with van der Waals surface area (Å²) in [6.07, 6.45) is 0.872. The molecule has 2 atom stereocenters. The third-order valence-electron chi connectivity index (χ3n) is 6.19. The number of carbonyl (C=O) groups is 3. The normalized spacial score (nSPS) is 13.0. The topological polar surface area (TPSA) is 87.7 Å². The molecular weight excluding hydrogens is 502 g/mol. The summed E-state index contributed by atoms with van der Waals surface area (Å²) < 4.78 is 5.31. The van der Waals surface area contributed by atoms with Crippen LogP contribution in [-0.4, -0.2) is 41.0 Å². The summed E-state index contributed by atoms with van der Waals surface area (Å²) in [6.45, 7) is 14.9. The van der Waals surface area contributed by atoms with E-state index >= 15 is 0 Å². The lowest BCUT2D eigenvalue weighted by Crippen LogP contribution is -2.50. The van der Waals surface area contributed by atoms with Gasteiger partial charge in [-0.15, -0.1) is 0 Å². The van der Waals surface area contributed by atoms with Gasteiger partial charge in [0.15, 0.2) is 0 Å². The van der Waals surface area contributed by atoms with Gasteiger partial charge in [-0.1, -0.05) is 61.8 Å². The molecule has 3 amide bonds. The van der Waals surface area contributed by atoms with Gasteiger partial charge in [-0.3, -0.25) is 9.59 Å². The van der Waals surface area contributed by atoms with Crippen LogP contribution in [0.2, 0.25) is 5.02 Å². The first-order valence-electron chi connectivity index (χ1n) is 13.1. The summed E-state index contributed by atoms with van der Waals surface area (Å²) in [7, 11) is 0. The second-order valence-electron chi connectivity index (χ2n) is 11.2. The molecule has 0 saturated heterocycles. The minimum Gasteiger partial charge on any atom is -0.444 e. The number of halogens is 1. The van der Waals surface area contributed by atoms with E-state index in [0.29, 0.717) is 28.6 Å². The summed E-state index contributed by atoms with van der Waals surface area (Å²) in [5.41, 5.74) is 2.20. The van der Waals surface area contributed by atoms with E-state index in [2.05, 4.69) is 24.5 Å². The van der Waals surface area contributed by atoms with Crippen LogP contribution in [0.1, 0.15) is 77.1 Å². The van der Waals surface area contributed by atoms with Crippen molar-refractivity contribution in [1.29, 1.82) is 0 Å². The highest BCUT2D eigenvalue weighted by molar-refractivity contribution is 6.34. The Morgan fingerprint density at radius 1 is 0.947 bits per heavy atom. The van der Waals surface area contributed by atoms with Crippen LogP contribution in [0.3, 0.4) is 0 Å². The predicted octanol–water partition coefficient (Wildman–Crippen LogP) is 6.81. The van der Waals surface area contributed by atoms with Crippen molar-refractivity contribution in [2.24, 2.45) is 5.92 Å². The molecule has 0 fully saturated rings.